The van der Waals surface area contributed by atoms with Gasteiger partial charge in [0.05, 0.1) is 13.2 Å². The Bertz CT molecular complexity index is 383. The van der Waals surface area contributed by atoms with Gasteiger partial charge >= 0.3 is 11.9 Å². The van der Waals surface area contributed by atoms with E-state index in [1.807, 2.05) is 0 Å². The highest BCUT2D eigenvalue weighted by molar-refractivity contribution is 5.83. The Balaban J connectivity index is 3.51. The number of carboxylic acids is 1. The van der Waals surface area contributed by atoms with Gasteiger partial charge in [0.2, 0.25) is 5.91 Å². The van der Waals surface area contributed by atoms with Gasteiger partial charge in [-0.3, -0.25) is 9.59 Å². The third-order valence-electron chi connectivity index (χ3n) is 3.83. The number of aliphatic carboxylic acids is 1. The summed E-state index contributed by atoms with van der Waals surface area (Å²) in [7, 11) is 1.40. The van der Waals surface area contributed by atoms with E-state index < -0.39 is 18.1 Å². The maximum absolute atomic E-state index is 11.6. The number of hydrogen-bond acceptors (Lipinski definition) is 5. The molecule has 0 saturated heterocycles. The fraction of sp³-hybridized carbons (Fsp3) is 0.824. The van der Waals surface area contributed by atoms with E-state index in [2.05, 4.69) is 10.1 Å². The number of ether oxygens (including phenoxy) is 1. The second-order valence-electron chi connectivity index (χ2n) is 6.03. The van der Waals surface area contributed by atoms with E-state index in [-0.39, 0.29) is 18.3 Å². The van der Waals surface area contributed by atoms with Crippen LogP contribution in [0.3, 0.4) is 0 Å². The Hall–Kier alpha value is -1.63. The lowest BCUT2D eigenvalue weighted by atomic mass is 10.1. The number of unbranched alkanes of at least 4 members (excludes halogenated alkanes) is 7. The monoisotopic (exact) mass is 345 g/mol. The molecule has 0 fully saturated rings. The lowest BCUT2D eigenvalue weighted by Gasteiger charge is -2.16. The first kappa shape index (κ1) is 22.4. The molecule has 2 atom stereocenters. The van der Waals surface area contributed by atoms with E-state index in [1.165, 1.54) is 14.0 Å². The largest absolute Gasteiger partial charge is 0.480 e. The molecule has 0 bridgehead atoms. The lowest BCUT2D eigenvalue weighted by Crippen LogP contribution is -2.47. The number of carboxylic acid groups (broad SMARTS) is 1. The molecular weight excluding hydrogens is 314 g/mol. The number of hydrogen-bond donors (Lipinski definition) is 3. The molecule has 7 heteroatoms. The first-order chi connectivity index (χ1) is 11.4. The lowest BCUT2D eigenvalue weighted by molar-refractivity contribution is -0.144. The van der Waals surface area contributed by atoms with Crippen LogP contribution in [0, 0.1) is 0 Å². The smallest absolute Gasteiger partial charge is 0.328 e. The summed E-state index contributed by atoms with van der Waals surface area (Å²) in [6, 6.07) is -1.25. The minimum atomic E-state index is -1.25. The quantitative estimate of drug-likeness (QED) is 0.328. The van der Waals surface area contributed by atoms with Crippen LogP contribution in [0.25, 0.3) is 0 Å². The van der Waals surface area contributed by atoms with E-state index in [1.54, 1.807) is 0 Å². The molecule has 2 unspecified atom stereocenters. The minimum Gasteiger partial charge on any atom is -0.480 e. The molecule has 0 rings (SSSR count). The van der Waals surface area contributed by atoms with Gasteiger partial charge in [-0.2, -0.15) is 0 Å². The van der Waals surface area contributed by atoms with E-state index in [0.717, 1.165) is 44.9 Å². The van der Waals surface area contributed by atoms with Gasteiger partial charge in [-0.25, -0.2) is 4.79 Å². The van der Waals surface area contributed by atoms with Gasteiger partial charge < -0.3 is 20.3 Å². The van der Waals surface area contributed by atoms with Gasteiger partial charge in [0.1, 0.15) is 0 Å². The normalized spacial score (nSPS) is 13.1. The zero-order valence-corrected chi connectivity index (χ0v) is 14.8. The van der Waals surface area contributed by atoms with Gasteiger partial charge in [0.25, 0.3) is 0 Å². The first-order valence-corrected chi connectivity index (χ1v) is 8.65. The standard InChI is InChI=1S/C17H31NO6/c1-13(19)16(17(22)23)18-14(20)11-9-7-5-3-4-6-8-10-12-15(21)24-2/h13,16,19H,3-12H2,1-2H3,(H,18,20)(H,22,23). The molecular formula is C17H31NO6. The number of carbonyl (C=O) groups is 3. The fourth-order valence-corrected chi connectivity index (χ4v) is 2.35. The summed E-state index contributed by atoms with van der Waals surface area (Å²) in [6.45, 7) is 1.34. The molecule has 0 aromatic heterocycles. The van der Waals surface area contributed by atoms with Gasteiger partial charge in [0, 0.05) is 12.8 Å². The zero-order valence-electron chi connectivity index (χ0n) is 14.8. The van der Waals surface area contributed by atoms with E-state index in [4.69, 9.17) is 5.11 Å². The Labute approximate surface area is 143 Å². The Morgan fingerprint density at radius 3 is 1.79 bits per heavy atom. The van der Waals surface area contributed by atoms with Crippen LogP contribution in [0.1, 0.15) is 71.1 Å². The Kier molecular flexibility index (Phi) is 12.8. The number of amides is 1. The molecule has 0 spiro atoms. The average molecular weight is 345 g/mol. The highest BCUT2D eigenvalue weighted by atomic mass is 16.5. The van der Waals surface area contributed by atoms with Gasteiger partial charge in [0.15, 0.2) is 6.04 Å². The maximum Gasteiger partial charge on any atom is 0.328 e. The van der Waals surface area contributed by atoms with Gasteiger partial charge in [-0.05, 0) is 19.8 Å². The van der Waals surface area contributed by atoms with Crippen molar-refractivity contribution in [2.24, 2.45) is 0 Å². The van der Waals surface area contributed by atoms with Crippen molar-refractivity contribution in [3.63, 3.8) is 0 Å². The molecule has 1 amide bonds. The van der Waals surface area contributed by atoms with Crippen molar-refractivity contribution in [3.05, 3.63) is 0 Å². The van der Waals surface area contributed by atoms with E-state index in [0.29, 0.717) is 12.8 Å². The second-order valence-corrected chi connectivity index (χ2v) is 6.03. The first-order valence-electron chi connectivity index (χ1n) is 8.65. The molecule has 0 aliphatic rings. The molecule has 0 aromatic rings. The highest BCUT2D eigenvalue weighted by Crippen LogP contribution is 2.11. The number of aliphatic hydroxyl groups excluding tert-OH is 1. The number of methoxy groups -OCH3 is 1. The summed E-state index contributed by atoms with van der Waals surface area (Å²) in [6.07, 6.45) is 7.46. The molecule has 0 aliphatic carbocycles. The van der Waals surface area contributed by atoms with E-state index >= 15 is 0 Å². The van der Waals surface area contributed by atoms with Gasteiger partial charge in [-0.1, -0.05) is 38.5 Å². The number of aliphatic hydroxyl groups is 1. The molecule has 24 heavy (non-hydrogen) atoms. The van der Waals surface area contributed by atoms with Crippen LogP contribution in [0.15, 0.2) is 0 Å². The van der Waals surface area contributed by atoms with Crippen LogP contribution < -0.4 is 5.32 Å². The fourth-order valence-electron chi connectivity index (χ4n) is 2.35. The van der Waals surface area contributed by atoms with E-state index in [9.17, 15) is 19.5 Å². The summed E-state index contributed by atoms with van der Waals surface area (Å²) >= 11 is 0. The molecule has 3 N–H and O–H groups in total. The van der Waals surface area contributed by atoms with Crippen molar-refractivity contribution in [1.82, 2.24) is 5.32 Å². The molecule has 0 heterocycles. The van der Waals surface area contributed by atoms with Crippen LogP contribution in [0.5, 0.6) is 0 Å². The van der Waals surface area contributed by atoms with Crippen molar-refractivity contribution in [3.8, 4) is 0 Å². The molecule has 0 aromatic carbocycles. The molecule has 0 saturated carbocycles. The van der Waals surface area contributed by atoms with Crippen molar-refractivity contribution < 1.29 is 29.3 Å². The Morgan fingerprint density at radius 1 is 0.917 bits per heavy atom. The van der Waals surface area contributed by atoms with Crippen LogP contribution in [0.4, 0.5) is 0 Å². The van der Waals surface area contributed by atoms with Crippen molar-refractivity contribution in [2.75, 3.05) is 7.11 Å². The summed E-state index contributed by atoms with van der Waals surface area (Å²) in [4.78, 5) is 33.4. The minimum absolute atomic E-state index is 0.158. The van der Waals surface area contributed by atoms with Gasteiger partial charge in [-0.15, -0.1) is 0 Å². The topological polar surface area (TPSA) is 113 Å². The maximum atomic E-state index is 11.6. The third-order valence-corrected chi connectivity index (χ3v) is 3.83. The van der Waals surface area contributed by atoms with Crippen LogP contribution >= 0.6 is 0 Å². The molecule has 7 nitrogen and oxygen atoms in total. The zero-order chi connectivity index (χ0) is 18.4. The average Bonchev–Trinajstić information content (AvgIpc) is 2.53. The summed E-state index contributed by atoms with van der Waals surface area (Å²) in [5.41, 5.74) is 0. The van der Waals surface area contributed by atoms with Crippen LogP contribution in [0.2, 0.25) is 0 Å². The summed E-state index contributed by atoms with van der Waals surface area (Å²) in [5, 5.41) is 20.5. The molecule has 0 radical (unpaired) electrons. The molecule has 140 valence electrons. The predicted octanol–water partition coefficient (Wildman–Crippen LogP) is 2.01. The number of nitrogens with one attached hydrogen (secondary N) is 1. The van der Waals surface area contributed by atoms with Crippen LogP contribution in [-0.4, -0.2) is 47.3 Å². The second kappa shape index (κ2) is 13.8. The van der Waals surface area contributed by atoms with Crippen LogP contribution in [-0.2, 0) is 19.1 Å². The van der Waals surface area contributed by atoms with Crippen molar-refractivity contribution >= 4 is 17.8 Å². The van der Waals surface area contributed by atoms with Crippen molar-refractivity contribution in [1.29, 1.82) is 0 Å². The summed E-state index contributed by atoms with van der Waals surface area (Å²) in [5.74, 6) is -1.73. The third kappa shape index (κ3) is 11.9. The summed E-state index contributed by atoms with van der Waals surface area (Å²) < 4.78 is 4.57. The number of rotatable bonds is 14. The number of carbonyl (C=O) groups excluding carboxylic acids is 2. The molecule has 0 aliphatic heterocycles. The SMILES string of the molecule is COC(=O)CCCCCCCCCCC(=O)NC(C(=O)O)C(C)O. The highest BCUT2D eigenvalue weighted by Gasteiger charge is 2.24. The predicted molar refractivity (Wildman–Crippen MR) is 89.4 cm³/mol. The Morgan fingerprint density at radius 2 is 1.38 bits per heavy atom. The number of esters is 1. The van der Waals surface area contributed by atoms with Crippen molar-refractivity contribution in [2.45, 2.75) is 83.3 Å².